The molecule has 0 aliphatic carbocycles. The summed E-state index contributed by atoms with van der Waals surface area (Å²) in [4.78, 5) is 6.76. The zero-order chi connectivity index (χ0) is 18.9. The standard InChI is InChI=1S/C21H28N4OS.HI/c1-22-21(24-16-18-5-9-20(26-2)10-6-18)23-15-17-3-7-19(8-4-17)25-11-13-27-14-12-25;/h3-10H,11-16H2,1-2H3,(H2,22,23,24);1H. The molecule has 1 saturated heterocycles. The predicted octanol–water partition coefficient (Wildman–Crippen LogP) is 3.73. The maximum absolute atomic E-state index is 5.19. The summed E-state index contributed by atoms with van der Waals surface area (Å²) in [5.41, 5.74) is 3.75. The number of nitrogens with one attached hydrogen (secondary N) is 2. The average molecular weight is 512 g/mol. The van der Waals surface area contributed by atoms with Crippen LogP contribution in [-0.2, 0) is 13.1 Å². The lowest BCUT2D eigenvalue weighted by molar-refractivity contribution is 0.414. The number of anilines is 1. The second-order valence-electron chi connectivity index (χ2n) is 6.39. The third-order valence-corrected chi connectivity index (χ3v) is 5.56. The van der Waals surface area contributed by atoms with E-state index < -0.39 is 0 Å². The Bertz CT molecular complexity index is 731. The highest BCUT2D eigenvalue weighted by atomic mass is 127. The molecule has 2 aromatic rings. The fraction of sp³-hybridized carbons (Fsp3) is 0.381. The van der Waals surface area contributed by atoms with E-state index in [0.717, 1.165) is 37.9 Å². The van der Waals surface area contributed by atoms with Crippen LogP contribution in [0.15, 0.2) is 53.5 Å². The SMILES string of the molecule is CN=C(NCc1ccc(OC)cc1)NCc1ccc(N2CCSCC2)cc1.I. The highest BCUT2D eigenvalue weighted by molar-refractivity contribution is 14.0. The van der Waals surface area contributed by atoms with Crippen molar-refractivity contribution in [3.63, 3.8) is 0 Å². The fourth-order valence-electron chi connectivity index (χ4n) is 2.98. The van der Waals surface area contributed by atoms with Crippen LogP contribution < -0.4 is 20.3 Å². The van der Waals surface area contributed by atoms with E-state index in [0.29, 0.717) is 0 Å². The third-order valence-electron chi connectivity index (χ3n) is 4.62. The maximum Gasteiger partial charge on any atom is 0.191 e. The Labute approximate surface area is 189 Å². The van der Waals surface area contributed by atoms with Gasteiger partial charge in [-0.25, -0.2) is 0 Å². The van der Waals surface area contributed by atoms with E-state index >= 15 is 0 Å². The highest BCUT2D eigenvalue weighted by Gasteiger charge is 2.10. The van der Waals surface area contributed by atoms with Crippen molar-refractivity contribution in [2.24, 2.45) is 4.99 Å². The van der Waals surface area contributed by atoms with Gasteiger partial charge in [0.2, 0.25) is 0 Å². The number of hydrogen-bond acceptors (Lipinski definition) is 4. The number of thioether (sulfide) groups is 1. The minimum atomic E-state index is 0. The summed E-state index contributed by atoms with van der Waals surface area (Å²) in [6.45, 7) is 3.75. The van der Waals surface area contributed by atoms with Crippen LogP contribution in [0.4, 0.5) is 5.69 Å². The molecular weight excluding hydrogens is 483 g/mol. The molecule has 1 aliphatic rings. The van der Waals surface area contributed by atoms with Crippen LogP contribution in [0.3, 0.4) is 0 Å². The molecule has 0 bridgehead atoms. The third kappa shape index (κ3) is 6.77. The summed E-state index contributed by atoms with van der Waals surface area (Å²) in [5.74, 6) is 4.11. The van der Waals surface area contributed by atoms with Crippen molar-refractivity contribution < 1.29 is 4.74 Å². The molecule has 1 fully saturated rings. The molecular formula is C21H29IN4OS. The first kappa shape index (κ1) is 22.7. The summed E-state index contributed by atoms with van der Waals surface area (Å²) in [6.07, 6.45) is 0. The number of aliphatic imine (C=N–C) groups is 1. The number of halogens is 1. The van der Waals surface area contributed by atoms with Crippen LogP contribution in [0.1, 0.15) is 11.1 Å². The van der Waals surface area contributed by atoms with Crippen LogP contribution in [0.2, 0.25) is 0 Å². The first-order valence-corrected chi connectivity index (χ1v) is 10.4. The lowest BCUT2D eigenvalue weighted by Gasteiger charge is -2.28. The minimum Gasteiger partial charge on any atom is -0.497 e. The van der Waals surface area contributed by atoms with Gasteiger partial charge in [0.05, 0.1) is 7.11 Å². The van der Waals surface area contributed by atoms with E-state index in [4.69, 9.17) is 4.74 Å². The minimum absolute atomic E-state index is 0. The number of guanidine groups is 1. The Morgan fingerprint density at radius 2 is 1.50 bits per heavy atom. The molecule has 0 atom stereocenters. The molecule has 3 rings (SSSR count). The zero-order valence-corrected chi connectivity index (χ0v) is 19.6. The van der Waals surface area contributed by atoms with Gasteiger partial charge < -0.3 is 20.3 Å². The molecule has 0 spiro atoms. The van der Waals surface area contributed by atoms with Gasteiger partial charge in [0.15, 0.2) is 5.96 Å². The van der Waals surface area contributed by atoms with Gasteiger partial charge in [0.1, 0.15) is 5.75 Å². The molecule has 0 aromatic heterocycles. The van der Waals surface area contributed by atoms with Gasteiger partial charge >= 0.3 is 0 Å². The lowest BCUT2D eigenvalue weighted by Crippen LogP contribution is -2.36. The number of benzene rings is 2. The van der Waals surface area contributed by atoms with Crippen LogP contribution >= 0.6 is 35.7 Å². The summed E-state index contributed by atoms with van der Waals surface area (Å²) in [5, 5.41) is 6.72. The maximum atomic E-state index is 5.19. The lowest BCUT2D eigenvalue weighted by atomic mass is 10.2. The van der Waals surface area contributed by atoms with Gasteiger partial charge in [-0.1, -0.05) is 24.3 Å². The fourth-order valence-corrected chi connectivity index (χ4v) is 3.88. The topological polar surface area (TPSA) is 48.9 Å². The molecule has 2 N–H and O–H groups in total. The molecule has 0 radical (unpaired) electrons. The van der Waals surface area contributed by atoms with Crippen molar-refractivity contribution in [2.45, 2.75) is 13.1 Å². The normalized spacial score (nSPS) is 14.2. The Balaban J connectivity index is 0.00000280. The van der Waals surface area contributed by atoms with E-state index in [1.165, 1.54) is 28.3 Å². The van der Waals surface area contributed by atoms with E-state index in [2.05, 4.69) is 56.9 Å². The average Bonchev–Trinajstić information content (AvgIpc) is 2.75. The van der Waals surface area contributed by atoms with Crippen molar-refractivity contribution >= 4 is 47.4 Å². The predicted molar refractivity (Wildman–Crippen MR) is 131 cm³/mol. The van der Waals surface area contributed by atoms with Crippen molar-refractivity contribution in [1.29, 1.82) is 0 Å². The van der Waals surface area contributed by atoms with E-state index in [-0.39, 0.29) is 24.0 Å². The number of nitrogens with zero attached hydrogens (tertiary/aromatic N) is 2. The smallest absolute Gasteiger partial charge is 0.191 e. The molecule has 0 saturated carbocycles. The first-order chi connectivity index (χ1) is 13.3. The Kier molecular flexibility index (Phi) is 9.77. The molecule has 2 aromatic carbocycles. The molecule has 0 unspecified atom stereocenters. The second kappa shape index (κ2) is 12.1. The highest BCUT2D eigenvalue weighted by Crippen LogP contribution is 2.19. The van der Waals surface area contributed by atoms with Gasteiger partial charge in [-0.15, -0.1) is 24.0 Å². The van der Waals surface area contributed by atoms with Crippen molar-refractivity contribution in [2.75, 3.05) is 43.7 Å². The van der Waals surface area contributed by atoms with Gasteiger partial charge in [-0.2, -0.15) is 11.8 Å². The van der Waals surface area contributed by atoms with E-state index in [1.807, 2.05) is 23.9 Å². The molecule has 28 heavy (non-hydrogen) atoms. The quantitative estimate of drug-likeness (QED) is 0.351. The molecule has 152 valence electrons. The number of hydrogen-bond donors (Lipinski definition) is 2. The van der Waals surface area contributed by atoms with Gasteiger partial charge in [-0.05, 0) is 35.4 Å². The number of rotatable bonds is 6. The van der Waals surface area contributed by atoms with Crippen LogP contribution in [0, 0.1) is 0 Å². The zero-order valence-electron chi connectivity index (χ0n) is 16.5. The summed E-state index contributed by atoms with van der Waals surface area (Å²) in [6, 6.07) is 16.9. The van der Waals surface area contributed by atoms with E-state index in [9.17, 15) is 0 Å². The van der Waals surface area contributed by atoms with Crippen molar-refractivity contribution in [3.8, 4) is 5.75 Å². The van der Waals surface area contributed by atoms with Crippen LogP contribution in [-0.4, -0.2) is 44.7 Å². The van der Waals surface area contributed by atoms with Crippen molar-refractivity contribution in [3.05, 3.63) is 59.7 Å². The van der Waals surface area contributed by atoms with Gasteiger partial charge in [-0.3, -0.25) is 4.99 Å². The summed E-state index contributed by atoms with van der Waals surface area (Å²) >= 11 is 2.04. The second-order valence-corrected chi connectivity index (χ2v) is 7.62. The van der Waals surface area contributed by atoms with Crippen LogP contribution in [0.5, 0.6) is 5.75 Å². The number of methoxy groups -OCH3 is 1. The van der Waals surface area contributed by atoms with Gasteiger partial charge in [0.25, 0.3) is 0 Å². The molecule has 7 heteroatoms. The molecule has 1 aliphatic heterocycles. The van der Waals surface area contributed by atoms with E-state index in [1.54, 1.807) is 14.2 Å². The van der Waals surface area contributed by atoms with Gasteiger partial charge in [0, 0.05) is 50.4 Å². The summed E-state index contributed by atoms with van der Waals surface area (Å²) in [7, 11) is 3.47. The van der Waals surface area contributed by atoms with Crippen molar-refractivity contribution in [1.82, 2.24) is 10.6 Å². The summed E-state index contributed by atoms with van der Waals surface area (Å²) < 4.78 is 5.19. The van der Waals surface area contributed by atoms with Crippen LogP contribution in [0.25, 0.3) is 0 Å². The largest absolute Gasteiger partial charge is 0.497 e. The number of ether oxygens (including phenoxy) is 1. The Morgan fingerprint density at radius 1 is 0.964 bits per heavy atom. The monoisotopic (exact) mass is 512 g/mol. The Morgan fingerprint density at radius 3 is 2.00 bits per heavy atom. The molecule has 0 amide bonds. The molecule has 1 heterocycles. The first-order valence-electron chi connectivity index (χ1n) is 9.27. The molecule has 5 nitrogen and oxygen atoms in total. The Hall–Kier alpha value is -1.61.